The molecule has 100 valence electrons. The molecule has 0 amide bonds. The van der Waals surface area contributed by atoms with Gasteiger partial charge < -0.3 is 10.2 Å². The van der Waals surface area contributed by atoms with Gasteiger partial charge in [-0.05, 0) is 25.7 Å². The van der Waals surface area contributed by atoms with Crippen LogP contribution in [0.3, 0.4) is 0 Å². The molecule has 0 aliphatic heterocycles. The summed E-state index contributed by atoms with van der Waals surface area (Å²) in [4.78, 5) is 2.42. The third-order valence-corrected chi connectivity index (χ3v) is 4.49. The minimum atomic E-state index is 0.119. The predicted octanol–water partition coefficient (Wildman–Crippen LogP) is 1.78. The molecule has 0 spiro atoms. The van der Waals surface area contributed by atoms with Crippen molar-refractivity contribution in [1.82, 2.24) is 4.90 Å². The zero-order valence-electron chi connectivity index (χ0n) is 10.9. The van der Waals surface area contributed by atoms with Crippen molar-refractivity contribution in [2.45, 2.75) is 57.4 Å². The Labute approximate surface area is 105 Å². The summed E-state index contributed by atoms with van der Waals surface area (Å²) < 4.78 is 0. The molecule has 0 aromatic carbocycles. The molecule has 17 heavy (non-hydrogen) atoms. The van der Waals surface area contributed by atoms with Gasteiger partial charge in [-0.2, -0.15) is 0 Å². The van der Waals surface area contributed by atoms with Crippen molar-refractivity contribution in [2.24, 2.45) is 5.41 Å². The topological polar surface area (TPSA) is 43.7 Å². The molecule has 0 bridgehead atoms. The van der Waals surface area contributed by atoms with E-state index in [4.69, 9.17) is 5.11 Å². The minimum absolute atomic E-state index is 0.119. The molecule has 3 nitrogen and oxygen atoms in total. The third kappa shape index (κ3) is 3.67. The first kappa shape index (κ1) is 13.3. The van der Waals surface area contributed by atoms with Crippen LogP contribution < -0.4 is 0 Å². The average Bonchev–Trinajstić information content (AvgIpc) is 3.16. The summed E-state index contributed by atoms with van der Waals surface area (Å²) in [5.41, 5.74) is 0.119. The highest BCUT2D eigenvalue weighted by atomic mass is 16.3. The number of rotatable bonds is 6. The molecule has 0 heterocycles. The fourth-order valence-electron chi connectivity index (χ4n) is 3.23. The minimum Gasteiger partial charge on any atom is -0.396 e. The van der Waals surface area contributed by atoms with Gasteiger partial charge in [0.2, 0.25) is 0 Å². The molecule has 0 atom stereocenters. The maximum Gasteiger partial charge on any atom is 0.0558 e. The third-order valence-electron chi connectivity index (χ3n) is 4.49. The number of aliphatic hydroxyl groups is 2. The predicted molar refractivity (Wildman–Crippen MR) is 68.9 cm³/mol. The van der Waals surface area contributed by atoms with Crippen molar-refractivity contribution in [3.8, 4) is 0 Å². The number of hydrogen-bond donors (Lipinski definition) is 2. The molecule has 2 rings (SSSR count). The second-order valence-electron chi connectivity index (χ2n) is 6.00. The lowest BCUT2D eigenvalue weighted by Crippen LogP contribution is -2.42. The summed E-state index contributed by atoms with van der Waals surface area (Å²) in [6, 6.07) is 0.689. The molecule has 0 saturated heterocycles. The van der Waals surface area contributed by atoms with Gasteiger partial charge >= 0.3 is 0 Å². The summed E-state index contributed by atoms with van der Waals surface area (Å²) in [5.74, 6) is 0. The summed E-state index contributed by atoms with van der Waals surface area (Å²) in [6.45, 7) is 2.35. The maximum atomic E-state index is 9.80. The first-order chi connectivity index (χ1) is 8.29. The smallest absolute Gasteiger partial charge is 0.0558 e. The van der Waals surface area contributed by atoms with Gasteiger partial charge in [0.15, 0.2) is 0 Å². The standard InChI is InChI=1S/C14H27NO2/c16-10-9-15(13-5-6-13)11-14(12-17)7-3-1-2-4-8-14/h13,16-17H,1-12H2. The average molecular weight is 241 g/mol. The van der Waals surface area contributed by atoms with E-state index in [2.05, 4.69) is 4.90 Å². The Balaban J connectivity index is 1.94. The van der Waals surface area contributed by atoms with Gasteiger partial charge in [0.1, 0.15) is 0 Å². The molecule has 2 saturated carbocycles. The van der Waals surface area contributed by atoms with Crippen molar-refractivity contribution in [3.05, 3.63) is 0 Å². The molecule has 2 fully saturated rings. The van der Waals surface area contributed by atoms with Gasteiger partial charge in [-0.1, -0.05) is 25.7 Å². The Bertz CT molecular complexity index is 220. The van der Waals surface area contributed by atoms with E-state index in [-0.39, 0.29) is 12.0 Å². The summed E-state index contributed by atoms with van der Waals surface area (Å²) >= 11 is 0. The van der Waals surface area contributed by atoms with E-state index >= 15 is 0 Å². The summed E-state index contributed by atoms with van der Waals surface area (Å²) in [5, 5.41) is 18.9. The van der Waals surface area contributed by atoms with Crippen LogP contribution in [0.2, 0.25) is 0 Å². The van der Waals surface area contributed by atoms with Crippen LogP contribution in [-0.2, 0) is 0 Å². The molecule has 0 aromatic heterocycles. The second kappa shape index (κ2) is 6.17. The van der Waals surface area contributed by atoms with Crippen LogP contribution in [0.15, 0.2) is 0 Å². The van der Waals surface area contributed by atoms with Crippen LogP contribution in [0, 0.1) is 5.41 Å². The summed E-state index contributed by atoms with van der Waals surface area (Å²) in [6.07, 6.45) is 10.1. The zero-order valence-corrected chi connectivity index (χ0v) is 10.9. The first-order valence-corrected chi connectivity index (χ1v) is 7.25. The van der Waals surface area contributed by atoms with Crippen LogP contribution in [0.4, 0.5) is 0 Å². The molecule has 2 aliphatic rings. The van der Waals surface area contributed by atoms with Crippen molar-refractivity contribution in [2.75, 3.05) is 26.3 Å². The lowest BCUT2D eigenvalue weighted by molar-refractivity contribution is 0.0489. The van der Waals surface area contributed by atoms with E-state index in [0.717, 1.165) is 25.9 Å². The number of aliphatic hydroxyl groups excluding tert-OH is 2. The van der Waals surface area contributed by atoms with Gasteiger partial charge in [0.25, 0.3) is 0 Å². The molecular weight excluding hydrogens is 214 g/mol. The van der Waals surface area contributed by atoms with Crippen LogP contribution in [0.25, 0.3) is 0 Å². The van der Waals surface area contributed by atoms with Crippen LogP contribution in [0.5, 0.6) is 0 Å². The Morgan fingerprint density at radius 2 is 1.65 bits per heavy atom. The van der Waals surface area contributed by atoms with Crippen LogP contribution in [-0.4, -0.2) is 47.5 Å². The lowest BCUT2D eigenvalue weighted by atomic mass is 9.80. The highest BCUT2D eigenvalue weighted by Crippen LogP contribution is 2.38. The largest absolute Gasteiger partial charge is 0.396 e. The molecule has 2 N–H and O–H groups in total. The van der Waals surface area contributed by atoms with Crippen LogP contribution >= 0.6 is 0 Å². The first-order valence-electron chi connectivity index (χ1n) is 7.25. The second-order valence-corrected chi connectivity index (χ2v) is 6.00. The Morgan fingerprint density at radius 1 is 1.00 bits per heavy atom. The number of nitrogens with zero attached hydrogens (tertiary/aromatic N) is 1. The molecule has 0 aromatic rings. The van der Waals surface area contributed by atoms with E-state index in [1.165, 1.54) is 38.5 Å². The Morgan fingerprint density at radius 3 is 2.12 bits per heavy atom. The zero-order chi connectivity index (χ0) is 12.1. The van der Waals surface area contributed by atoms with E-state index in [0.29, 0.717) is 12.6 Å². The van der Waals surface area contributed by atoms with E-state index < -0.39 is 0 Å². The van der Waals surface area contributed by atoms with E-state index in [1.807, 2.05) is 0 Å². The SMILES string of the molecule is OCCN(CC1(CO)CCCCCC1)C1CC1. The quantitative estimate of drug-likeness (QED) is 0.697. The van der Waals surface area contributed by atoms with Gasteiger partial charge in [-0.15, -0.1) is 0 Å². The van der Waals surface area contributed by atoms with Gasteiger partial charge in [0, 0.05) is 31.2 Å². The van der Waals surface area contributed by atoms with E-state index in [9.17, 15) is 5.11 Å². The van der Waals surface area contributed by atoms with Crippen molar-refractivity contribution >= 4 is 0 Å². The van der Waals surface area contributed by atoms with Crippen LogP contribution in [0.1, 0.15) is 51.4 Å². The highest BCUT2D eigenvalue weighted by Gasteiger charge is 2.37. The lowest BCUT2D eigenvalue weighted by Gasteiger charge is -2.36. The number of hydrogen-bond acceptors (Lipinski definition) is 3. The fraction of sp³-hybridized carbons (Fsp3) is 1.00. The normalized spacial score (nSPS) is 24.9. The molecule has 0 unspecified atom stereocenters. The van der Waals surface area contributed by atoms with Crippen molar-refractivity contribution in [3.63, 3.8) is 0 Å². The highest BCUT2D eigenvalue weighted by molar-refractivity contribution is 4.91. The molecular formula is C14H27NO2. The monoisotopic (exact) mass is 241 g/mol. The maximum absolute atomic E-state index is 9.80. The Kier molecular flexibility index (Phi) is 4.83. The summed E-state index contributed by atoms with van der Waals surface area (Å²) in [7, 11) is 0. The van der Waals surface area contributed by atoms with E-state index in [1.54, 1.807) is 0 Å². The van der Waals surface area contributed by atoms with Gasteiger partial charge in [-0.3, -0.25) is 4.90 Å². The Hall–Kier alpha value is -0.120. The molecule has 2 aliphatic carbocycles. The van der Waals surface area contributed by atoms with Crippen molar-refractivity contribution in [1.29, 1.82) is 0 Å². The fourth-order valence-corrected chi connectivity index (χ4v) is 3.23. The van der Waals surface area contributed by atoms with Gasteiger partial charge in [-0.25, -0.2) is 0 Å². The van der Waals surface area contributed by atoms with Gasteiger partial charge in [0.05, 0.1) is 6.61 Å². The molecule has 0 radical (unpaired) electrons. The molecule has 3 heteroatoms. The van der Waals surface area contributed by atoms with Crippen molar-refractivity contribution < 1.29 is 10.2 Å².